The molecule has 0 atom stereocenters. The summed E-state index contributed by atoms with van der Waals surface area (Å²) in [5.74, 6) is 1.06. The lowest BCUT2D eigenvalue weighted by molar-refractivity contribution is 0.580. The van der Waals surface area contributed by atoms with Gasteiger partial charge in [0.15, 0.2) is 0 Å². The third-order valence-electron chi connectivity index (χ3n) is 2.28. The van der Waals surface area contributed by atoms with Crippen LogP contribution in [0.2, 0.25) is 0 Å². The highest BCUT2D eigenvalue weighted by Crippen LogP contribution is 2.14. The van der Waals surface area contributed by atoms with Gasteiger partial charge in [0.1, 0.15) is 5.82 Å². The van der Waals surface area contributed by atoms with Gasteiger partial charge in [0.2, 0.25) is 0 Å². The molecule has 0 fully saturated rings. The van der Waals surface area contributed by atoms with Gasteiger partial charge in [0, 0.05) is 16.6 Å². The van der Waals surface area contributed by atoms with E-state index >= 15 is 0 Å². The van der Waals surface area contributed by atoms with Crippen LogP contribution in [0.15, 0.2) is 22.7 Å². The Morgan fingerprint density at radius 2 is 2.19 bits per heavy atom. The standard InChI is InChI=1S/C12H17BrFNS/c1-16-7-3-2-6-15-9-10-4-5-11(13)8-12(10)14/h4-5,8,15H,2-3,6-7,9H2,1H3. The Bertz CT molecular complexity index is 320. The Morgan fingerprint density at radius 1 is 1.38 bits per heavy atom. The first-order valence-electron chi connectivity index (χ1n) is 5.37. The van der Waals surface area contributed by atoms with Gasteiger partial charge in [0.05, 0.1) is 0 Å². The third-order valence-corrected chi connectivity index (χ3v) is 3.47. The van der Waals surface area contributed by atoms with E-state index in [0.717, 1.165) is 23.0 Å². The molecular formula is C12H17BrFNS. The van der Waals surface area contributed by atoms with E-state index in [4.69, 9.17) is 0 Å². The van der Waals surface area contributed by atoms with Gasteiger partial charge in [-0.25, -0.2) is 4.39 Å². The van der Waals surface area contributed by atoms with Crippen molar-refractivity contribution >= 4 is 27.7 Å². The molecule has 16 heavy (non-hydrogen) atoms. The van der Waals surface area contributed by atoms with Crippen molar-refractivity contribution in [3.8, 4) is 0 Å². The van der Waals surface area contributed by atoms with E-state index < -0.39 is 0 Å². The molecule has 0 heterocycles. The maximum Gasteiger partial charge on any atom is 0.128 e. The van der Waals surface area contributed by atoms with Crippen molar-refractivity contribution in [2.24, 2.45) is 0 Å². The van der Waals surface area contributed by atoms with Crippen LogP contribution < -0.4 is 5.32 Å². The molecule has 1 N–H and O–H groups in total. The first kappa shape index (κ1) is 14.0. The van der Waals surface area contributed by atoms with Crippen molar-refractivity contribution in [1.82, 2.24) is 5.32 Å². The fraction of sp³-hybridized carbons (Fsp3) is 0.500. The number of benzene rings is 1. The number of hydrogen-bond donors (Lipinski definition) is 1. The molecule has 0 amide bonds. The van der Waals surface area contributed by atoms with Gasteiger partial charge in [0.25, 0.3) is 0 Å². The molecule has 1 aromatic carbocycles. The highest BCUT2D eigenvalue weighted by molar-refractivity contribution is 9.10. The number of nitrogens with one attached hydrogen (secondary N) is 1. The highest BCUT2D eigenvalue weighted by Gasteiger charge is 2.01. The summed E-state index contributed by atoms with van der Waals surface area (Å²) in [6.45, 7) is 1.56. The van der Waals surface area contributed by atoms with Crippen molar-refractivity contribution in [2.45, 2.75) is 19.4 Å². The van der Waals surface area contributed by atoms with E-state index in [0.29, 0.717) is 6.54 Å². The molecular weight excluding hydrogens is 289 g/mol. The van der Waals surface area contributed by atoms with E-state index in [9.17, 15) is 4.39 Å². The number of halogens is 2. The van der Waals surface area contributed by atoms with Gasteiger partial charge in [-0.05, 0) is 43.5 Å². The van der Waals surface area contributed by atoms with Crippen LogP contribution >= 0.6 is 27.7 Å². The summed E-state index contributed by atoms with van der Waals surface area (Å²) in [5, 5.41) is 3.26. The second-order valence-corrected chi connectivity index (χ2v) is 5.51. The van der Waals surface area contributed by atoms with Gasteiger partial charge in [-0.15, -0.1) is 0 Å². The molecule has 0 saturated carbocycles. The summed E-state index contributed by atoms with van der Waals surface area (Å²) >= 11 is 5.11. The molecule has 1 aromatic rings. The molecule has 0 aliphatic heterocycles. The number of rotatable bonds is 7. The van der Waals surface area contributed by atoms with Crippen LogP contribution in [0.4, 0.5) is 4.39 Å². The number of unbranched alkanes of at least 4 members (excludes halogenated alkanes) is 1. The smallest absolute Gasteiger partial charge is 0.128 e. The second-order valence-electron chi connectivity index (χ2n) is 3.61. The lowest BCUT2D eigenvalue weighted by Gasteiger charge is -2.06. The zero-order valence-corrected chi connectivity index (χ0v) is 11.8. The van der Waals surface area contributed by atoms with Crippen molar-refractivity contribution in [3.63, 3.8) is 0 Å². The first-order valence-corrected chi connectivity index (χ1v) is 7.56. The normalized spacial score (nSPS) is 10.7. The summed E-state index contributed by atoms with van der Waals surface area (Å²) in [7, 11) is 0. The van der Waals surface area contributed by atoms with Crippen molar-refractivity contribution in [2.75, 3.05) is 18.6 Å². The molecule has 0 bridgehead atoms. The van der Waals surface area contributed by atoms with Gasteiger partial charge in [-0.1, -0.05) is 22.0 Å². The van der Waals surface area contributed by atoms with Crippen LogP contribution in [-0.2, 0) is 6.54 Å². The molecule has 0 unspecified atom stereocenters. The quantitative estimate of drug-likeness (QED) is 0.769. The molecule has 90 valence electrons. The minimum absolute atomic E-state index is 0.147. The average Bonchev–Trinajstić information content (AvgIpc) is 2.26. The van der Waals surface area contributed by atoms with Crippen LogP contribution in [0.25, 0.3) is 0 Å². The fourth-order valence-corrected chi connectivity index (χ4v) is 2.21. The Kier molecular flexibility index (Phi) is 7.08. The van der Waals surface area contributed by atoms with Gasteiger partial charge in [-0.2, -0.15) is 11.8 Å². The molecule has 0 radical (unpaired) electrons. The SMILES string of the molecule is CSCCCCNCc1ccc(Br)cc1F. The molecule has 4 heteroatoms. The van der Waals surface area contributed by atoms with Gasteiger partial charge in [-0.3, -0.25) is 0 Å². The summed E-state index contributed by atoms with van der Waals surface area (Å²) in [4.78, 5) is 0. The highest BCUT2D eigenvalue weighted by atomic mass is 79.9. The minimum Gasteiger partial charge on any atom is -0.313 e. The fourth-order valence-electron chi connectivity index (χ4n) is 1.38. The molecule has 1 rings (SSSR count). The first-order chi connectivity index (χ1) is 7.74. The van der Waals surface area contributed by atoms with E-state index in [1.54, 1.807) is 0 Å². The van der Waals surface area contributed by atoms with E-state index in [-0.39, 0.29) is 5.82 Å². The molecule has 0 aromatic heterocycles. The van der Waals surface area contributed by atoms with Crippen LogP contribution in [0, 0.1) is 5.82 Å². The Hall–Kier alpha value is -0.0600. The molecule has 0 saturated heterocycles. The van der Waals surface area contributed by atoms with E-state index in [1.807, 2.05) is 23.9 Å². The van der Waals surface area contributed by atoms with Crippen LogP contribution in [0.1, 0.15) is 18.4 Å². The summed E-state index contributed by atoms with van der Waals surface area (Å²) in [6.07, 6.45) is 4.49. The summed E-state index contributed by atoms with van der Waals surface area (Å²) in [6, 6.07) is 5.19. The van der Waals surface area contributed by atoms with E-state index in [1.165, 1.54) is 18.2 Å². The third kappa shape index (κ3) is 5.32. The van der Waals surface area contributed by atoms with E-state index in [2.05, 4.69) is 27.5 Å². The van der Waals surface area contributed by atoms with Crippen LogP contribution in [-0.4, -0.2) is 18.6 Å². The lowest BCUT2D eigenvalue weighted by Crippen LogP contribution is -2.15. The predicted molar refractivity (Wildman–Crippen MR) is 73.4 cm³/mol. The number of thioether (sulfide) groups is 1. The van der Waals surface area contributed by atoms with Crippen molar-refractivity contribution < 1.29 is 4.39 Å². The zero-order valence-electron chi connectivity index (χ0n) is 9.43. The Labute approximate surface area is 109 Å². The van der Waals surface area contributed by atoms with Crippen molar-refractivity contribution in [1.29, 1.82) is 0 Å². The maximum atomic E-state index is 13.4. The van der Waals surface area contributed by atoms with Gasteiger partial charge < -0.3 is 5.32 Å². The molecule has 0 aliphatic rings. The Morgan fingerprint density at radius 3 is 2.88 bits per heavy atom. The number of hydrogen-bond acceptors (Lipinski definition) is 2. The summed E-state index contributed by atoms with van der Waals surface area (Å²) < 4.78 is 14.2. The second kappa shape index (κ2) is 8.09. The lowest BCUT2D eigenvalue weighted by atomic mass is 10.2. The zero-order chi connectivity index (χ0) is 11.8. The Balaban J connectivity index is 2.21. The van der Waals surface area contributed by atoms with Crippen LogP contribution in [0.3, 0.4) is 0 Å². The maximum absolute atomic E-state index is 13.4. The predicted octanol–water partition coefficient (Wildman–Crippen LogP) is 3.82. The molecule has 0 spiro atoms. The van der Waals surface area contributed by atoms with Gasteiger partial charge >= 0.3 is 0 Å². The monoisotopic (exact) mass is 305 g/mol. The topological polar surface area (TPSA) is 12.0 Å². The van der Waals surface area contributed by atoms with Crippen molar-refractivity contribution in [3.05, 3.63) is 34.1 Å². The largest absolute Gasteiger partial charge is 0.313 e. The minimum atomic E-state index is -0.147. The summed E-state index contributed by atoms with van der Waals surface area (Å²) in [5.41, 5.74) is 0.730. The average molecular weight is 306 g/mol. The van der Waals surface area contributed by atoms with Crippen LogP contribution in [0.5, 0.6) is 0 Å². The molecule has 0 aliphatic carbocycles. The molecule has 1 nitrogen and oxygen atoms in total.